The summed E-state index contributed by atoms with van der Waals surface area (Å²) in [5, 5.41) is 23.1. The molecule has 0 saturated carbocycles. The number of nitro groups is 1. The number of aromatic hydroxyl groups is 1. The largest absolute Gasteiger partial charge is 0.506 e. The molecule has 2 N–H and O–H groups in total. The molecule has 2 rings (SSSR count). The third-order valence-electron chi connectivity index (χ3n) is 2.80. The average molecular weight is 359 g/mol. The summed E-state index contributed by atoms with van der Waals surface area (Å²) in [6, 6.07) is 6.36. The summed E-state index contributed by atoms with van der Waals surface area (Å²) in [7, 11) is 0. The number of nitrogens with zero attached hydrogens (tertiary/aromatic N) is 1. The third kappa shape index (κ3) is 3.10. The molecule has 0 aliphatic heterocycles. The van der Waals surface area contributed by atoms with E-state index in [1.165, 1.54) is 0 Å². The first kappa shape index (κ1) is 15.2. The molecule has 0 spiro atoms. The highest BCUT2D eigenvalue weighted by molar-refractivity contribution is 9.10. The van der Waals surface area contributed by atoms with Gasteiger partial charge >= 0.3 is 0 Å². The Bertz CT molecular complexity index is 710. The van der Waals surface area contributed by atoms with Crippen LogP contribution in [0, 0.1) is 21.7 Å². The number of anilines is 1. The summed E-state index contributed by atoms with van der Waals surface area (Å²) >= 11 is 3.12. The van der Waals surface area contributed by atoms with E-state index in [4.69, 9.17) is 0 Å². The van der Waals surface area contributed by atoms with Crippen LogP contribution in [0.5, 0.6) is 5.75 Å². The Morgan fingerprint density at radius 1 is 1.29 bits per heavy atom. The van der Waals surface area contributed by atoms with Gasteiger partial charge in [-0.1, -0.05) is 12.1 Å². The fourth-order valence-electron chi connectivity index (χ4n) is 1.75. The molecule has 110 valence electrons. The van der Waals surface area contributed by atoms with E-state index in [2.05, 4.69) is 21.2 Å². The average Bonchev–Trinajstić information content (AvgIpc) is 2.44. The second-order valence-electron chi connectivity index (χ2n) is 4.11. The quantitative estimate of drug-likeness (QED) is 0.640. The van der Waals surface area contributed by atoms with E-state index in [1.54, 1.807) is 18.2 Å². The first-order valence-electron chi connectivity index (χ1n) is 5.74. The Labute approximate surface area is 126 Å². The Morgan fingerprint density at radius 3 is 2.67 bits per heavy atom. The maximum atomic E-state index is 13.7. The van der Waals surface area contributed by atoms with E-state index in [0.29, 0.717) is 16.1 Å². The van der Waals surface area contributed by atoms with Crippen molar-refractivity contribution < 1.29 is 18.8 Å². The molecule has 0 bridgehead atoms. The van der Waals surface area contributed by atoms with Crippen LogP contribution in [0.4, 0.5) is 20.2 Å². The van der Waals surface area contributed by atoms with Gasteiger partial charge in [0.1, 0.15) is 5.75 Å². The number of phenols is 1. The van der Waals surface area contributed by atoms with Crippen molar-refractivity contribution in [3.63, 3.8) is 0 Å². The maximum Gasteiger partial charge on any atom is 0.295 e. The number of rotatable bonds is 4. The van der Waals surface area contributed by atoms with Crippen LogP contribution in [0.15, 0.2) is 34.8 Å². The number of nitro benzene ring substituents is 1. The molecule has 2 aromatic rings. The minimum absolute atomic E-state index is 0.0792. The minimum atomic E-state index is -1.33. The molecule has 0 unspecified atom stereocenters. The van der Waals surface area contributed by atoms with Crippen molar-refractivity contribution in [1.82, 2.24) is 0 Å². The molecule has 0 amide bonds. The van der Waals surface area contributed by atoms with Crippen molar-refractivity contribution in [1.29, 1.82) is 0 Å². The summed E-state index contributed by atoms with van der Waals surface area (Å²) < 4.78 is 27.3. The minimum Gasteiger partial charge on any atom is -0.506 e. The highest BCUT2D eigenvalue weighted by Crippen LogP contribution is 2.32. The lowest BCUT2D eigenvalue weighted by Crippen LogP contribution is -2.06. The van der Waals surface area contributed by atoms with E-state index in [0.717, 1.165) is 6.07 Å². The molecular formula is C13H9BrF2N2O3. The lowest BCUT2D eigenvalue weighted by atomic mass is 10.2. The Balaban J connectivity index is 2.33. The third-order valence-corrected chi connectivity index (χ3v) is 3.44. The molecule has 0 aliphatic rings. The van der Waals surface area contributed by atoms with Gasteiger partial charge in [0, 0.05) is 18.2 Å². The van der Waals surface area contributed by atoms with Gasteiger partial charge in [0.05, 0.1) is 9.40 Å². The van der Waals surface area contributed by atoms with Crippen LogP contribution in [0.1, 0.15) is 5.56 Å². The van der Waals surface area contributed by atoms with Gasteiger partial charge in [-0.2, -0.15) is 0 Å². The molecule has 8 heteroatoms. The predicted molar refractivity (Wildman–Crippen MR) is 76.1 cm³/mol. The lowest BCUT2D eigenvalue weighted by molar-refractivity contribution is -0.384. The van der Waals surface area contributed by atoms with Gasteiger partial charge in [0.25, 0.3) is 5.69 Å². The van der Waals surface area contributed by atoms with Gasteiger partial charge in [0.2, 0.25) is 0 Å². The summed E-state index contributed by atoms with van der Waals surface area (Å²) in [6.45, 7) is -0.105. The first-order valence-corrected chi connectivity index (χ1v) is 6.53. The molecule has 0 aliphatic carbocycles. The molecule has 0 saturated heterocycles. The first-order chi connectivity index (χ1) is 9.91. The normalized spacial score (nSPS) is 10.4. The van der Waals surface area contributed by atoms with Crippen LogP contribution in [-0.2, 0) is 6.54 Å². The smallest absolute Gasteiger partial charge is 0.295 e. The molecule has 0 radical (unpaired) electrons. The van der Waals surface area contributed by atoms with Crippen molar-refractivity contribution in [2.45, 2.75) is 6.54 Å². The van der Waals surface area contributed by atoms with E-state index in [1.807, 2.05) is 0 Å². The van der Waals surface area contributed by atoms with Gasteiger partial charge in [0.15, 0.2) is 17.3 Å². The SMILES string of the molecule is O=[N+]([O-])c1ccc(F)c(F)c1NCc1cccc(Br)c1O. The fourth-order valence-corrected chi connectivity index (χ4v) is 2.15. The van der Waals surface area contributed by atoms with Crippen molar-refractivity contribution in [3.8, 4) is 5.75 Å². The molecule has 5 nitrogen and oxygen atoms in total. The topological polar surface area (TPSA) is 75.4 Å². The van der Waals surface area contributed by atoms with E-state index in [9.17, 15) is 24.0 Å². The maximum absolute atomic E-state index is 13.7. The van der Waals surface area contributed by atoms with Crippen LogP contribution >= 0.6 is 15.9 Å². The highest BCUT2D eigenvalue weighted by Gasteiger charge is 2.21. The number of para-hydroxylation sites is 1. The number of hydrogen-bond donors (Lipinski definition) is 2. The summed E-state index contributed by atoms with van der Waals surface area (Å²) in [5.74, 6) is -2.61. The molecular weight excluding hydrogens is 350 g/mol. The highest BCUT2D eigenvalue weighted by atomic mass is 79.9. The van der Waals surface area contributed by atoms with Crippen LogP contribution in [0.3, 0.4) is 0 Å². The van der Waals surface area contributed by atoms with Crippen molar-refractivity contribution >= 4 is 27.3 Å². The van der Waals surface area contributed by atoms with Gasteiger partial charge in [-0.05, 0) is 28.1 Å². The Kier molecular flexibility index (Phi) is 4.37. The zero-order valence-corrected chi connectivity index (χ0v) is 12.0. The summed E-state index contributed by atoms with van der Waals surface area (Å²) in [4.78, 5) is 10.0. The standard InChI is InChI=1S/C13H9BrF2N2O3/c14-8-3-1-2-7(13(8)19)6-17-12-10(18(20)21)5-4-9(15)11(12)16/h1-5,17,19H,6H2. The number of benzene rings is 2. The van der Waals surface area contributed by atoms with Crippen LogP contribution < -0.4 is 5.32 Å². The van der Waals surface area contributed by atoms with Gasteiger partial charge in [-0.15, -0.1) is 0 Å². The molecule has 0 heterocycles. The van der Waals surface area contributed by atoms with Crippen LogP contribution in [0.25, 0.3) is 0 Å². The lowest BCUT2D eigenvalue weighted by Gasteiger charge is -2.10. The number of halogens is 3. The monoisotopic (exact) mass is 358 g/mol. The van der Waals surface area contributed by atoms with Crippen molar-refractivity contribution in [3.05, 3.63) is 62.1 Å². The van der Waals surface area contributed by atoms with E-state index in [-0.39, 0.29) is 12.3 Å². The molecule has 0 aromatic heterocycles. The second kappa shape index (κ2) is 6.04. The Morgan fingerprint density at radius 2 is 2.00 bits per heavy atom. The van der Waals surface area contributed by atoms with Gasteiger partial charge in [-0.3, -0.25) is 10.1 Å². The zero-order chi connectivity index (χ0) is 15.6. The van der Waals surface area contributed by atoms with Crippen LogP contribution in [0.2, 0.25) is 0 Å². The molecule has 0 atom stereocenters. The molecule has 0 fully saturated rings. The summed E-state index contributed by atoms with van der Waals surface area (Å²) in [5.41, 5.74) is -0.759. The van der Waals surface area contributed by atoms with Crippen molar-refractivity contribution in [2.75, 3.05) is 5.32 Å². The second-order valence-corrected chi connectivity index (χ2v) is 4.97. The number of phenolic OH excluding ortho intramolecular Hbond substituents is 1. The Hall–Kier alpha value is -2.22. The fraction of sp³-hybridized carbons (Fsp3) is 0.0769. The predicted octanol–water partition coefficient (Wildman–Crippen LogP) is 3.95. The molecule has 21 heavy (non-hydrogen) atoms. The van der Waals surface area contributed by atoms with Crippen LogP contribution in [-0.4, -0.2) is 10.0 Å². The van der Waals surface area contributed by atoms with Crippen molar-refractivity contribution in [2.24, 2.45) is 0 Å². The van der Waals surface area contributed by atoms with E-state index >= 15 is 0 Å². The van der Waals surface area contributed by atoms with Gasteiger partial charge < -0.3 is 10.4 Å². The van der Waals surface area contributed by atoms with Gasteiger partial charge in [-0.25, -0.2) is 8.78 Å². The summed E-state index contributed by atoms with van der Waals surface area (Å²) in [6.07, 6.45) is 0. The van der Waals surface area contributed by atoms with E-state index < -0.39 is 27.9 Å². The molecule has 2 aromatic carbocycles. The zero-order valence-electron chi connectivity index (χ0n) is 10.4. The number of hydrogen-bond acceptors (Lipinski definition) is 4. The number of nitrogens with one attached hydrogen (secondary N) is 1.